The van der Waals surface area contributed by atoms with Gasteiger partial charge < -0.3 is 0 Å². The van der Waals surface area contributed by atoms with Gasteiger partial charge in [-0.25, -0.2) is 0 Å². The molecule has 0 saturated carbocycles. The van der Waals surface area contributed by atoms with E-state index in [1.165, 1.54) is 0 Å². The quantitative estimate of drug-likeness (QED) is 0.558. The van der Waals surface area contributed by atoms with Gasteiger partial charge in [0.1, 0.15) is 0 Å². The molecule has 0 amide bonds. The van der Waals surface area contributed by atoms with Crippen molar-refractivity contribution in [3.8, 4) is 0 Å². The predicted octanol–water partition coefficient (Wildman–Crippen LogP) is 1.42. The molecule has 0 heterocycles. The summed E-state index contributed by atoms with van der Waals surface area (Å²) in [5.74, 6) is 0. The third-order valence-corrected chi connectivity index (χ3v) is 1.46. The summed E-state index contributed by atoms with van der Waals surface area (Å²) in [5.41, 5.74) is 0. The van der Waals surface area contributed by atoms with Gasteiger partial charge in [0.05, 0.1) is 0 Å². The van der Waals surface area contributed by atoms with Gasteiger partial charge in [-0.1, -0.05) is 12.2 Å². The van der Waals surface area contributed by atoms with E-state index in [4.69, 9.17) is 17.5 Å². The van der Waals surface area contributed by atoms with Crippen molar-refractivity contribution in [1.82, 2.24) is 4.90 Å². The van der Waals surface area contributed by atoms with E-state index in [9.17, 15) is 0 Å². The maximum Gasteiger partial charge on any atom is 0.394 e. The van der Waals surface area contributed by atoms with E-state index in [0.717, 1.165) is 13.1 Å². The Morgan fingerprint density at radius 3 is 1.60 bits per heavy atom. The van der Waals surface area contributed by atoms with Gasteiger partial charge in [-0.2, -0.15) is 8.42 Å². The molecule has 0 aliphatic rings. The second-order valence-electron chi connectivity index (χ2n) is 3.07. The first-order chi connectivity index (χ1) is 6.72. The molecule has 0 aromatic rings. The maximum absolute atomic E-state index is 8.74. The van der Waals surface area contributed by atoms with Crippen LogP contribution in [0.25, 0.3) is 0 Å². The van der Waals surface area contributed by atoms with Crippen molar-refractivity contribution in [1.29, 1.82) is 0 Å². The standard InChI is InChI=1S/C9H17N.H2O4S/c1-5-7-10(8-6-2)9(3)4;1-5(2,3)4/h5-6,9H,1-2,7-8H2,3-4H3;(H2,1,2,3,4). The molecular formula is C9H19NO4S. The lowest BCUT2D eigenvalue weighted by atomic mass is 10.3. The summed E-state index contributed by atoms with van der Waals surface area (Å²) < 4.78 is 31.6. The second kappa shape index (κ2) is 8.60. The molecule has 15 heavy (non-hydrogen) atoms. The smallest absolute Gasteiger partial charge is 0.294 e. The van der Waals surface area contributed by atoms with Gasteiger partial charge in [-0.3, -0.25) is 14.0 Å². The lowest BCUT2D eigenvalue weighted by Gasteiger charge is -2.22. The summed E-state index contributed by atoms with van der Waals surface area (Å²) in [7, 11) is -4.67. The van der Waals surface area contributed by atoms with Crippen LogP contribution >= 0.6 is 0 Å². The van der Waals surface area contributed by atoms with Crippen LogP contribution in [0.2, 0.25) is 0 Å². The summed E-state index contributed by atoms with van der Waals surface area (Å²) in [6.07, 6.45) is 3.84. The lowest BCUT2D eigenvalue weighted by Crippen LogP contribution is -2.30. The zero-order valence-corrected chi connectivity index (χ0v) is 9.94. The van der Waals surface area contributed by atoms with Crippen LogP contribution in [0.15, 0.2) is 25.3 Å². The SMILES string of the molecule is C=CCN(CC=C)C(C)C.O=S(=O)(O)O. The predicted molar refractivity (Wildman–Crippen MR) is 61.3 cm³/mol. The van der Waals surface area contributed by atoms with E-state index in [2.05, 4.69) is 31.9 Å². The highest BCUT2D eigenvalue weighted by Crippen LogP contribution is 1.96. The largest absolute Gasteiger partial charge is 0.394 e. The maximum atomic E-state index is 8.74. The molecule has 0 aliphatic carbocycles. The third-order valence-electron chi connectivity index (χ3n) is 1.46. The van der Waals surface area contributed by atoms with E-state index < -0.39 is 10.4 Å². The third kappa shape index (κ3) is 19.6. The molecule has 0 bridgehead atoms. The fourth-order valence-corrected chi connectivity index (χ4v) is 0.828. The molecule has 0 aromatic heterocycles. The fourth-order valence-electron chi connectivity index (χ4n) is 0.828. The molecule has 6 heteroatoms. The van der Waals surface area contributed by atoms with Gasteiger partial charge in [0.25, 0.3) is 0 Å². The Labute approximate surface area is 91.7 Å². The first-order valence-corrected chi connectivity index (χ1v) is 5.77. The zero-order valence-electron chi connectivity index (χ0n) is 9.13. The number of rotatable bonds is 5. The van der Waals surface area contributed by atoms with Crippen LogP contribution in [-0.4, -0.2) is 41.6 Å². The average Bonchev–Trinajstić information content (AvgIpc) is 2.00. The van der Waals surface area contributed by atoms with Crippen LogP contribution < -0.4 is 0 Å². The van der Waals surface area contributed by atoms with Crippen molar-refractivity contribution in [2.45, 2.75) is 19.9 Å². The highest BCUT2D eigenvalue weighted by molar-refractivity contribution is 7.79. The van der Waals surface area contributed by atoms with Crippen molar-refractivity contribution >= 4 is 10.4 Å². The molecule has 0 aliphatic heterocycles. The van der Waals surface area contributed by atoms with Crippen molar-refractivity contribution < 1.29 is 17.5 Å². The minimum Gasteiger partial charge on any atom is -0.294 e. The topological polar surface area (TPSA) is 77.8 Å². The fraction of sp³-hybridized carbons (Fsp3) is 0.556. The van der Waals surface area contributed by atoms with Gasteiger partial charge in [0.2, 0.25) is 0 Å². The molecule has 0 saturated heterocycles. The van der Waals surface area contributed by atoms with E-state index in [1.807, 2.05) is 12.2 Å². The van der Waals surface area contributed by atoms with E-state index in [1.54, 1.807) is 0 Å². The van der Waals surface area contributed by atoms with Crippen LogP contribution in [-0.2, 0) is 10.4 Å². The second-order valence-corrected chi connectivity index (χ2v) is 3.97. The molecule has 5 nitrogen and oxygen atoms in total. The Balaban J connectivity index is 0. The number of hydrogen-bond acceptors (Lipinski definition) is 3. The number of hydrogen-bond donors (Lipinski definition) is 2. The molecule has 0 atom stereocenters. The molecular weight excluding hydrogens is 218 g/mol. The summed E-state index contributed by atoms with van der Waals surface area (Å²) in [6, 6.07) is 0.580. The summed E-state index contributed by atoms with van der Waals surface area (Å²) in [4.78, 5) is 2.29. The first kappa shape index (κ1) is 16.7. The summed E-state index contributed by atoms with van der Waals surface area (Å²) >= 11 is 0. The Kier molecular flexibility index (Phi) is 9.60. The molecule has 0 fully saturated rings. The lowest BCUT2D eigenvalue weighted by molar-refractivity contribution is 0.273. The van der Waals surface area contributed by atoms with E-state index in [-0.39, 0.29) is 0 Å². The Morgan fingerprint density at radius 2 is 1.47 bits per heavy atom. The van der Waals surface area contributed by atoms with Gasteiger partial charge in [-0.15, -0.1) is 13.2 Å². The molecule has 0 unspecified atom stereocenters. The monoisotopic (exact) mass is 237 g/mol. The Bertz CT molecular complexity index is 254. The molecule has 0 radical (unpaired) electrons. The minimum atomic E-state index is -4.67. The van der Waals surface area contributed by atoms with Crippen molar-refractivity contribution in [2.24, 2.45) is 0 Å². The van der Waals surface area contributed by atoms with Crippen molar-refractivity contribution in [3.63, 3.8) is 0 Å². The highest BCUT2D eigenvalue weighted by atomic mass is 32.3. The van der Waals surface area contributed by atoms with E-state index >= 15 is 0 Å². The normalized spacial score (nSPS) is 10.8. The van der Waals surface area contributed by atoms with Crippen LogP contribution in [0.5, 0.6) is 0 Å². The summed E-state index contributed by atoms with van der Waals surface area (Å²) in [5, 5.41) is 0. The molecule has 90 valence electrons. The van der Waals surface area contributed by atoms with Crippen LogP contribution in [0.1, 0.15) is 13.8 Å². The molecule has 0 spiro atoms. The van der Waals surface area contributed by atoms with Crippen molar-refractivity contribution in [2.75, 3.05) is 13.1 Å². The van der Waals surface area contributed by atoms with E-state index in [0.29, 0.717) is 6.04 Å². The van der Waals surface area contributed by atoms with Crippen molar-refractivity contribution in [3.05, 3.63) is 25.3 Å². The zero-order chi connectivity index (χ0) is 12.5. The van der Waals surface area contributed by atoms with Gasteiger partial charge in [0.15, 0.2) is 0 Å². The molecule has 0 aromatic carbocycles. The number of nitrogens with zero attached hydrogens (tertiary/aromatic N) is 1. The average molecular weight is 237 g/mol. The van der Waals surface area contributed by atoms with Gasteiger partial charge in [-0.05, 0) is 13.8 Å². The van der Waals surface area contributed by atoms with Gasteiger partial charge in [0, 0.05) is 19.1 Å². The highest BCUT2D eigenvalue weighted by Gasteiger charge is 2.03. The van der Waals surface area contributed by atoms with Gasteiger partial charge >= 0.3 is 10.4 Å². The Hall–Kier alpha value is -0.690. The minimum absolute atomic E-state index is 0.580. The molecule has 0 rings (SSSR count). The Morgan fingerprint density at radius 1 is 1.20 bits per heavy atom. The summed E-state index contributed by atoms with van der Waals surface area (Å²) in [6.45, 7) is 13.6. The first-order valence-electron chi connectivity index (χ1n) is 4.38. The van der Waals surface area contributed by atoms with Crippen LogP contribution in [0.4, 0.5) is 0 Å². The molecule has 2 N–H and O–H groups in total. The van der Waals surface area contributed by atoms with Crippen LogP contribution in [0.3, 0.4) is 0 Å². The van der Waals surface area contributed by atoms with Crippen LogP contribution in [0, 0.1) is 0 Å².